The third-order valence-corrected chi connectivity index (χ3v) is 5.52. The molecule has 2 atom stereocenters. The number of thioether (sulfide) groups is 1. The number of carbonyl (C=O) groups is 1. The highest BCUT2D eigenvalue weighted by molar-refractivity contribution is 7.99. The molecule has 2 aromatic carbocycles. The normalized spacial score (nSPS) is 27.0. The van der Waals surface area contributed by atoms with Crippen molar-refractivity contribution < 1.29 is 4.79 Å². The minimum absolute atomic E-state index is 0.0482. The highest BCUT2D eigenvalue weighted by Gasteiger charge is 2.52. The van der Waals surface area contributed by atoms with Crippen LogP contribution < -0.4 is 0 Å². The van der Waals surface area contributed by atoms with Gasteiger partial charge in [-0.3, -0.25) is 4.79 Å². The van der Waals surface area contributed by atoms with E-state index in [9.17, 15) is 4.79 Å². The van der Waals surface area contributed by atoms with E-state index in [1.807, 2.05) is 42.5 Å². The second kappa shape index (κ2) is 4.81. The van der Waals surface area contributed by atoms with Gasteiger partial charge in [0.15, 0.2) is 11.3 Å². The molecule has 2 aromatic rings. The standard InChI is InChI=1S/C17H14N2OS/c20-16-13-8-4-5-9-15(13)21-11-17(16)14(10-18-19-17)12-6-2-1-3-7-12/h1-9,14H,10-11H2. The smallest absolute Gasteiger partial charge is 0.194 e. The number of Topliss-reactive ketones (excluding diaryl/α,β-unsaturated/α-hetero) is 1. The van der Waals surface area contributed by atoms with Crippen LogP contribution in [0.15, 0.2) is 69.7 Å². The summed E-state index contributed by atoms with van der Waals surface area (Å²) in [7, 11) is 0. The Morgan fingerprint density at radius 3 is 2.67 bits per heavy atom. The van der Waals surface area contributed by atoms with Gasteiger partial charge in [0.1, 0.15) is 0 Å². The van der Waals surface area contributed by atoms with Gasteiger partial charge in [-0.05, 0) is 11.6 Å². The van der Waals surface area contributed by atoms with E-state index < -0.39 is 5.54 Å². The molecule has 2 heterocycles. The second-order valence-electron chi connectivity index (χ2n) is 5.43. The molecule has 2 unspecified atom stereocenters. The lowest BCUT2D eigenvalue weighted by Crippen LogP contribution is -2.46. The molecule has 21 heavy (non-hydrogen) atoms. The Morgan fingerprint density at radius 1 is 1.05 bits per heavy atom. The molecule has 2 aliphatic heterocycles. The summed E-state index contributed by atoms with van der Waals surface area (Å²) in [4.78, 5) is 14.1. The fourth-order valence-corrected chi connectivity index (χ4v) is 4.39. The van der Waals surface area contributed by atoms with Crippen LogP contribution in [-0.2, 0) is 0 Å². The minimum Gasteiger partial charge on any atom is -0.291 e. The number of ketones is 1. The van der Waals surface area contributed by atoms with E-state index in [4.69, 9.17) is 0 Å². The fraction of sp³-hybridized carbons (Fsp3) is 0.235. The van der Waals surface area contributed by atoms with Gasteiger partial charge in [0.05, 0.1) is 6.54 Å². The number of carbonyl (C=O) groups excluding carboxylic acids is 1. The third kappa shape index (κ3) is 1.86. The summed E-state index contributed by atoms with van der Waals surface area (Å²) < 4.78 is 0. The Bertz CT molecular complexity index is 729. The van der Waals surface area contributed by atoms with Crippen LogP contribution in [-0.4, -0.2) is 23.6 Å². The Labute approximate surface area is 127 Å². The summed E-state index contributed by atoms with van der Waals surface area (Å²) in [5.41, 5.74) is 1.21. The molecule has 0 N–H and O–H groups in total. The molecule has 4 rings (SSSR count). The monoisotopic (exact) mass is 294 g/mol. The summed E-state index contributed by atoms with van der Waals surface area (Å²) in [6.45, 7) is 0.596. The summed E-state index contributed by atoms with van der Waals surface area (Å²) in [5.74, 6) is 0.838. The van der Waals surface area contributed by atoms with Gasteiger partial charge < -0.3 is 0 Å². The summed E-state index contributed by atoms with van der Waals surface area (Å²) in [6, 6.07) is 18.0. The summed E-state index contributed by atoms with van der Waals surface area (Å²) >= 11 is 1.71. The first-order chi connectivity index (χ1) is 10.3. The predicted molar refractivity (Wildman–Crippen MR) is 83.1 cm³/mol. The quantitative estimate of drug-likeness (QED) is 0.798. The van der Waals surface area contributed by atoms with Crippen LogP contribution in [0, 0.1) is 0 Å². The SMILES string of the molecule is O=C1c2ccccc2SCC12N=NCC2c1ccccc1. The summed E-state index contributed by atoms with van der Waals surface area (Å²) in [6.07, 6.45) is 0. The molecule has 0 aromatic heterocycles. The van der Waals surface area contributed by atoms with Crippen LogP contribution >= 0.6 is 11.8 Å². The van der Waals surface area contributed by atoms with Gasteiger partial charge >= 0.3 is 0 Å². The maximum atomic E-state index is 13.1. The molecule has 2 aliphatic rings. The first-order valence-corrected chi connectivity index (χ1v) is 8.00. The summed E-state index contributed by atoms with van der Waals surface area (Å²) in [5, 5.41) is 8.65. The maximum absolute atomic E-state index is 13.1. The number of hydrogen-bond acceptors (Lipinski definition) is 4. The zero-order valence-corrected chi connectivity index (χ0v) is 12.2. The molecule has 0 bridgehead atoms. The molecule has 0 radical (unpaired) electrons. The average molecular weight is 294 g/mol. The van der Waals surface area contributed by atoms with E-state index in [0.717, 1.165) is 16.0 Å². The van der Waals surface area contributed by atoms with Crippen molar-refractivity contribution in [3.63, 3.8) is 0 Å². The van der Waals surface area contributed by atoms with Crippen molar-refractivity contribution in [2.24, 2.45) is 10.2 Å². The highest BCUT2D eigenvalue weighted by atomic mass is 32.2. The van der Waals surface area contributed by atoms with Gasteiger partial charge in [0.2, 0.25) is 0 Å². The van der Waals surface area contributed by atoms with Crippen molar-refractivity contribution in [1.82, 2.24) is 0 Å². The van der Waals surface area contributed by atoms with Crippen molar-refractivity contribution >= 4 is 17.5 Å². The lowest BCUT2D eigenvalue weighted by molar-refractivity contribution is 0.0888. The molecular formula is C17H14N2OS. The first kappa shape index (κ1) is 12.8. The number of azo groups is 1. The Balaban J connectivity index is 1.81. The average Bonchev–Trinajstić information content (AvgIpc) is 2.97. The Hall–Kier alpha value is -1.94. The number of benzene rings is 2. The number of rotatable bonds is 1. The van der Waals surface area contributed by atoms with Gasteiger partial charge in [-0.2, -0.15) is 10.2 Å². The van der Waals surface area contributed by atoms with Crippen molar-refractivity contribution in [2.75, 3.05) is 12.3 Å². The number of nitrogens with zero attached hydrogens (tertiary/aromatic N) is 2. The van der Waals surface area contributed by atoms with Gasteiger partial charge in [-0.25, -0.2) is 0 Å². The molecule has 0 fully saturated rings. The van der Waals surface area contributed by atoms with Gasteiger partial charge in [-0.15, -0.1) is 11.8 Å². The van der Waals surface area contributed by atoms with E-state index in [0.29, 0.717) is 12.3 Å². The lowest BCUT2D eigenvalue weighted by atomic mass is 9.76. The van der Waals surface area contributed by atoms with Crippen LogP contribution in [0.5, 0.6) is 0 Å². The van der Waals surface area contributed by atoms with E-state index in [1.165, 1.54) is 0 Å². The van der Waals surface area contributed by atoms with E-state index >= 15 is 0 Å². The van der Waals surface area contributed by atoms with Crippen LogP contribution in [0.25, 0.3) is 0 Å². The number of fused-ring (bicyclic) bond motifs is 1. The Kier molecular flexibility index (Phi) is 2.93. The van der Waals surface area contributed by atoms with Gasteiger partial charge in [0.25, 0.3) is 0 Å². The molecule has 0 aliphatic carbocycles. The minimum atomic E-state index is -0.722. The van der Waals surface area contributed by atoms with Crippen molar-refractivity contribution in [2.45, 2.75) is 16.4 Å². The molecular weight excluding hydrogens is 280 g/mol. The van der Waals surface area contributed by atoms with Crippen molar-refractivity contribution in [1.29, 1.82) is 0 Å². The molecule has 0 amide bonds. The van der Waals surface area contributed by atoms with Crippen LogP contribution in [0.2, 0.25) is 0 Å². The lowest BCUT2D eigenvalue weighted by Gasteiger charge is -2.34. The van der Waals surface area contributed by atoms with E-state index in [-0.39, 0.29) is 11.7 Å². The first-order valence-electron chi connectivity index (χ1n) is 7.01. The fourth-order valence-electron chi connectivity index (χ4n) is 3.14. The van der Waals surface area contributed by atoms with Crippen molar-refractivity contribution in [3.05, 3.63) is 65.7 Å². The Morgan fingerprint density at radius 2 is 1.81 bits per heavy atom. The van der Waals surface area contributed by atoms with E-state index in [2.05, 4.69) is 22.4 Å². The highest BCUT2D eigenvalue weighted by Crippen LogP contribution is 2.47. The van der Waals surface area contributed by atoms with Crippen LogP contribution in [0.1, 0.15) is 21.8 Å². The molecule has 1 spiro atoms. The molecule has 3 nitrogen and oxygen atoms in total. The molecule has 0 saturated heterocycles. The maximum Gasteiger partial charge on any atom is 0.194 e. The van der Waals surface area contributed by atoms with Crippen molar-refractivity contribution in [3.8, 4) is 0 Å². The third-order valence-electron chi connectivity index (χ3n) is 4.26. The van der Waals surface area contributed by atoms with Crippen LogP contribution in [0.4, 0.5) is 0 Å². The molecule has 4 heteroatoms. The zero-order chi connectivity index (χ0) is 14.3. The topological polar surface area (TPSA) is 41.8 Å². The largest absolute Gasteiger partial charge is 0.291 e. The molecule has 104 valence electrons. The van der Waals surface area contributed by atoms with Gasteiger partial charge in [-0.1, -0.05) is 48.5 Å². The zero-order valence-electron chi connectivity index (χ0n) is 11.4. The van der Waals surface area contributed by atoms with E-state index in [1.54, 1.807) is 11.8 Å². The second-order valence-corrected chi connectivity index (χ2v) is 6.44. The molecule has 0 saturated carbocycles. The van der Waals surface area contributed by atoms with Crippen LogP contribution in [0.3, 0.4) is 0 Å². The number of hydrogen-bond donors (Lipinski definition) is 0. The van der Waals surface area contributed by atoms with Gasteiger partial charge in [0, 0.05) is 22.1 Å². The predicted octanol–water partition coefficient (Wildman–Crippen LogP) is 3.96.